The van der Waals surface area contributed by atoms with Crippen LogP contribution in [-0.2, 0) is 5.54 Å². The first-order valence-electron chi connectivity index (χ1n) is 6.82. The summed E-state index contributed by atoms with van der Waals surface area (Å²) in [4.78, 5) is 0. The molecule has 0 aliphatic heterocycles. The molecule has 1 fully saturated rings. The summed E-state index contributed by atoms with van der Waals surface area (Å²) >= 11 is 0. The number of nitrogen functional groups attached to an aromatic ring is 1. The van der Waals surface area contributed by atoms with Gasteiger partial charge in [0, 0.05) is 11.3 Å². The van der Waals surface area contributed by atoms with Crippen LogP contribution in [0.15, 0.2) is 18.2 Å². The molecule has 0 bridgehead atoms. The van der Waals surface area contributed by atoms with Gasteiger partial charge < -0.3 is 5.73 Å². The molecular weight excluding hydrogens is 238 g/mol. The van der Waals surface area contributed by atoms with Crippen molar-refractivity contribution in [1.82, 2.24) is 20.2 Å². The molecular formula is C14H19N5. The van der Waals surface area contributed by atoms with Gasteiger partial charge in [-0.05, 0) is 54.7 Å². The van der Waals surface area contributed by atoms with Gasteiger partial charge in [0.25, 0.3) is 0 Å². The Bertz CT molecular complexity index is 592. The number of tetrazole rings is 1. The Morgan fingerprint density at radius 2 is 2.16 bits per heavy atom. The summed E-state index contributed by atoms with van der Waals surface area (Å²) in [5.41, 5.74) is 9.03. The highest BCUT2D eigenvalue weighted by Gasteiger charge is 2.40. The molecule has 1 aliphatic rings. The lowest BCUT2D eigenvalue weighted by Gasteiger charge is -2.41. The van der Waals surface area contributed by atoms with E-state index in [1.54, 1.807) is 0 Å². The van der Waals surface area contributed by atoms with Crippen LogP contribution in [0.2, 0.25) is 0 Å². The van der Waals surface area contributed by atoms with Crippen molar-refractivity contribution in [3.05, 3.63) is 23.8 Å². The Labute approximate surface area is 112 Å². The van der Waals surface area contributed by atoms with Gasteiger partial charge in [-0.25, -0.2) is 4.68 Å². The first-order valence-corrected chi connectivity index (χ1v) is 6.82. The van der Waals surface area contributed by atoms with Crippen molar-refractivity contribution in [1.29, 1.82) is 0 Å². The minimum absolute atomic E-state index is 0.0923. The maximum atomic E-state index is 6.18. The number of anilines is 1. The number of aromatic nitrogens is 4. The van der Waals surface area contributed by atoms with Gasteiger partial charge in [-0.2, -0.15) is 0 Å². The number of hydrogen-bond donors (Lipinski definition) is 1. The highest BCUT2D eigenvalue weighted by atomic mass is 15.6. The van der Waals surface area contributed by atoms with Crippen LogP contribution in [0.1, 0.15) is 38.2 Å². The summed E-state index contributed by atoms with van der Waals surface area (Å²) in [5.74, 6) is 0.794. The van der Waals surface area contributed by atoms with E-state index in [4.69, 9.17) is 5.73 Å². The molecule has 0 radical (unpaired) electrons. The highest BCUT2D eigenvalue weighted by Crippen LogP contribution is 2.43. The Morgan fingerprint density at radius 1 is 1.37 bits per heavy atom. The summed E-state index contributed by atoms with van der Waals surface area (Å²) in [5, 5.41) is 12.3. The molecule has 1 aromatic heterocycles. The van der Waals surface area contributed by atoms with E-state index in [1.807, 2.05) is 29.8 Å². The number of para-hydroxylation sites is 1. The molecule has 1 heterocycles. The standard InChI is InChI=1S/C14H19N5/c1-3-14(8-5-9-14)19-13(16-17-18-19)11-7-4-6-10(2)12(11)15/h4,6-7H,3,5,8-9,15H2,1-2H3. The molecule has 1 aliphatic carbocycles. The Morgan fingerprint density at radius 3 is 2.79 bits per heavy atom. The average molecular weight is 257 g/mol. The Hall–Kier alpha value is -1.91. The van der Waals surface area contributed by atoms with Crippen LogP contribution >= 0.6 is 0 Å². The molecule has 100 valence electrons. The summed E-state index contributed by atoms with van der Waals surface area (Å²) in [6.07, 6.45) is 4.59. The molecule has 1 saturated carbocycles. The van der Waals surface area contributed by atoms with Crippen LogP contribution < -0.4 is 5.73 Å². The first-order chi connectivity index (χ1) is 9.18. The van der Waals surface area contributed by atoms with Gasteiger partial charge in [-0.3, -0.25) is 0 Å². The summed E-state index contributed by atoms with van der Waals surface area (Å²) in [6, 6.07) is 6.00. The molecule has 1 aromatic carbocycles. The van der Waals surface area contributed by atoms with Gasteiger partial charge in [-0.1, -0.05) is 19.1 Å². The van der Waals surface area contributed by atoms with Gasteiger partial charge in [-0.15, -0.1) is 5.10 Å². The number of hydrogen-bond acceptors (Lipinski definition) is 4. The average Bonchev–Trinajstić information content (AvgIpc) is 2.82. The fourth-order valence-electron chi connectivity index (χ4n) is 2.85. The molecule has 5 heteroatoms. The summed E-state index contributed by atoms with van der Waals surface area (Å²) in [6.45, 7) is 4.20. The molecule has 0 atom stereocenters. The predicted molar refractivity (Wildman–Crippen MR) is 74.5 cm³/mol. The molecule has 0 spiro atoms. The maximum Gasteiger partial charge on any atom is 0.184 e. The zero-order valence-electron chi connectivity index (χ0n) is 11.4. The second kappa shape index (κ2) is 4.33. The monoisotopic (exact) mass is 257 g/mol. The minimum atomic E-state index is 0.0923. The highest BCUT2D eigenvalue weighted by molar-refractivity contribution is 5.74. The Kier molecular flexibility index (Phi) is 2.77. The summed E-state index contributed by atoms with van der Waals surface area (Å²) in [7, 11) is 0. The smallest absolute Gasteiger partial charge is 0.184 e. The van der Waals surface area contributed by atoms with E-state index in [9.17, 15) is 0 Å². The van der Waals surface area contributed by atoms with Crippen LogP contribution in [0.3, 0.4) is 0 Å². The van der Waals surface area contributed by atoms with Crippen LogP contribution in [0.5, 0.6) is 0 Å². The van der Waals surface area contributed by atoms with E-state index in [1.165, 1.54) is 6.42 Å². The van der Waals surface area contributed by atoms with E-state index in [2.05, 4.69) is 22.4 Å². The van der Waals surface area contributed by atoms with E-state index < -0.39 is 0 Å². The lowest BCUT2D eigenvalue weighted by Crippen LogP contribution is -2.41. The molecule has 2 aromatic rings. The zero-order valence-corrected chi connectivity index (χ0v) is 11.4. The van der Waals surface area contributed by atoms with Gasteiger partial charge in [0.05, 0.1) is 5.54 Å². The normalized spacial score (nSPS) is 17.2. The largest absolute Gasteiger partial charge is 0.398 e. The third kappa shape index (κ3) is 1.72. The third-order valence-corrected chi connectivity index (χ3v) is 4.43. The molecule has 0 saturated heterocycles. The molecule has 0 amide bonds. The topological polar surface area (TPSA) is 69.6 Å². The predicted octanol–water partition coefficient (Wildman–Crippen LogP) is 2.52. The first kappa shape index (κ1) is 12.1. The second-order valence-electron chi connectivity index (χ2n) is 5.38. The lowest BCUT2D eigenvalue weighted by atomic mass is 9.75. The zero-order chi connectivity index (χ0) is 13.5. The van der Waals surface area contributed by atoms with Crippen molar-refractivity contribution < 1.29 is 0 Å². The SMILES string of the molecule is CCC1(n2nnnc2-c2cccc(C)c2N)CCC1. The van der Waals surface area contributed by atoms with E-state index in [0.717, 1.165) is 41.9 Å². The van der Waals surface area contributed by atoms with Gasteiger partial charge in [0.2, 0.25) is 0 Å². The number of benzene rings is 1. The second-order valence-corrected chi connectivity index (χ2v) is 5.38. The molecule has 2 N–H and O–H groups in total. The van der Waals surface area contributed by atoms with Crippen LogP contribution in [-0.4, -0.2) is 20.2 Å². The van der Waals surface area contributed by atoms with E-state index in [-0.39, 0.29) is 5.54 Å². The lowest BCUT2D eigenvalue weighted by molar-refractivity contribution is 0.118. The van der Waals surface area contributed by atoms with Gasteiger partial charge in [0.15, 0.2) is 5.82 Å². The van der Waals surface area contributed by atoms with Crippen molar-refractivity contribution in [2.24, 2.45) is 0 Å². The number of nitrogens with two attached hydrogens (primary N) is 1. The number of rotatable bonds is 3. The fourth-order valence-corrected chi connectivity index (χ4v) is 2.85. The Balaban J connectivity index is 2.12. The quantitative estimate of drug-likeness (QED) is 0.858. The van der Waals surface area contributed by atoms with Crippen LogP contribution in [0.25, 0.3) is 11.4 Å². The van der Waals surface area contributed by atoms with Gasteiger partial charge in [0.1, 0.15) is 0 Å². The van der Waals surface area contributed by atoms with E-state index >= 15 is 0 Å². The number of aryl methyl sites for hydroxylation is 1. The van der Waals surface area contributed by atoms with Crippen molar-refractivity contribution in [3.8, 4) is 11.4 Å². The molecule has 0 unspecified atom stereocenters. The van der Waals surface area contributed by atoms with Crippen molar-refractivity contribution >= 4 is 5.69 Å². The maximum absolute atomic E-state index is 6.18. The van der Waals surface area contributed by atoms with Crippen molar-refractivity contribution in [2.75, 3.05) is 5.73 Å². The number of nitrogens with zero attached hydrogens (tertiary/aromatic N) is 4. The van der Waals surface area contributed by atoms with E-state index in [0.29, 0.717) is 0 Å². The molecule has 5 nitrogen and oxygen atoms in total. The van der Waals surface area contributed by atoms with Crippen molar-refractivity contribution in [3.63, 3.8) is 0 Å². The van der Waals surface area contributed by atoms with Crippen LogP contribution in [0, 0.1) is 6.92 Å². The van der Waals surface area contributed by atoms with Crippen LogP contribution in [0.4, 0.5) is 5.69 Å². The molecule has 3 rings (SSSR count). The van der Waals surface area contributed by atoms with Gasteiger partial charge >= 0.3 is 0 Å². The third-order valence-electron chi connectivity index (χ3n) is 4.43. The van der Waals surface area contributed by atoms with Crippen molar-refractivity contribution in [2.45, 2.75) is 45.1 Å². The summed E-state index contributed by atoms with van der Waals surface area (Å²) < 4.78 is 1.99. The fraction of sp³-hybridized carbons (Fsp3) is 0.500. The molecule has 19 heavy (non-hydrogen) atoms. The minimum Gasteiger partial charge on any atom is -0.398 e.